The van der Waals surface area contributed by atoms with Crippen LogP contribution >= 0.6 is 0 Å². The second-order valence-corrected chi connectivity index (χ2v) is 6.73. The van der Waals surface area contributed by atoms with Gasteiger partial charge in [0.15, 0.2) is 0 Å². The normalized spacial score (nSPS) is 23.2. The molecule has 7 heteroatoms. The molecule has 0 aliphatic carbocycles. The molecule has 2 rings (SSSR count). The molecule has 2 atom stereocenters. The Morgan fingerprint density at radius 1 is 1.43 bits per heavy atom. The number of rotatable bonds is 3. The predicted molar refractivity (Wildman–Crippen MR) is 78.7 cm³/mol. The van der Waals surface area contributed by atoms with Crippen LogP contribution in [0.3, 0.4) is 0 Å². The Bertz CT molecular complexity index is 546. The third-order valence-electron chi connectivity index (χ3n) is 3.80. The number of nitrogens with two attached hydrogens (primary N) is 1. The first kappa shape index (κ1) is 15.5. The Kier molecular flexibility index (Phi) is 4.04. The number of likely N-dealkylation sites (N-methyl/N-ethyl adjacent to an activating group) is 1. The van der Waals surface area contributed by atoms with Gasteiger partial charge in [-0.1, -0.05) is 20.8 Å². The Labute approximate surface area is 124 Å². The minimum absolute atomic E-state index is 0.102. The van der Waals surface area contributed by atoms with E-state index in [9.17, 15) is 9.59 Å². The number of H-pyrrole nitrogens is 1. The van der Waals surface area contributed by atoms with E-state index in [4.69, 9.17) is 5.73 Å². The number of aromatic nitrogens is 2. The topological polar surface area (TPSA) is 104 Å². The van der Waals surface area contributed by atoms with Gasteiger partial charge >= 0.3 is 0 Å². The summed E-state index contributed by atoms with van der Waals surface area (Å²) < 4.78 is 0. The molecular weight excluding hydrogens is 270 g/mol. The van der Waals surface area contributed by atoms with E-state index >= 15 is 0 Å². The van der Waals surface area contributed by atoms with Gasteiger partial charge in [-0.25, -0.2) is 0 Å². The van der Waals surface area contributed by atoms with E-state index < -0.39 is 0 Å². The van der Waals surface area contributed by atoms with E-state index in [1.807, 2.05) is 32.7 Å². The van der Waals surface area contributed by atoms with Crippen molar-refractivity contribution in [2.75, 3.05) is 20.1 Å². The lowest BCUT2D eigenvalue weighted by molar-refractivity contribution is -0.121. The van der Waals surface area contributed by atoms with Crippen molar-refractivity contribution in [3.05, 3.63) is 17.5 Å². The maximum absolute atomic E-state index is 12.3. The largest absolute Gasteiger partial charge is 0.369 e. The highest BCUT2D eigenvalue weighted by molar-refractivity contribution is 5.93. The monoisotopic (exact) mass is 293 g/mol. The van der Waals surface area contributed by atoms with Crippen molar-refractivity contribution >= 4 is 11.8 Å². The summed E-state index contributed by atoms with van der Waals surface area (Å²) in [6, 6.07) is 1.47. The molecule has 4 N–H and O–H groups in total. The van der Waals surface area contributed by atoms with E-state index in [2.05, 4.69) is 15.5 Å². The molecular formula is C14H23N5O2. The second kappa shape index (κ2) is 5.48. The zero-order chi connectivity index (χ0) is 15.8. The lowest BCUT2D eigenvalue weighted by Crippen LogP contribution is -2.44. The molecule has 1 aliphatic rings. The average Bonchev–Trinajstić information content (AvgIpc) is 2.94. The van der Waals surface area contributed by atoms with Crippen molar-refractivity contribution in [2.24, 2.45) is 11.7 Å². The van der Waals surface area contributed by atoms with E-state index in [1.54, 1.807) is 6.07 Å². The molecule has 0 radical (unpaired) electrons. The zero-order valence-corrected chi connectivity index (χ0v) is 12.9. The zero-order valence-electron chi connectivity index (χ0n) is 12.9. The van der Waals surface area contributed by atoms with Gasteiger partial charge in [0.05, 0.1) is 12.0 Å². The van der Waals surface area contributed by atoms with Gasteiger partial charge in [0.2, 0.25) is 5.91 Å². The van der Waals surface area contributed by atoms with Crippen molar-refractivity contribution in [3.8, 4) is 0 Å². The van der Waals surface area contributed by atoms with Crippen LogP contribution in [0.2, 0.25) is 0 Å². The number of nitrogens with one attached hydrogen (secondary N) is 2. The van der Waals surface area contributed by atoms with Crippen molar-refractivity contribution in [3.63, 3.8) is 0 Å². The van der Waals surface area contributed by atoms with E-state index in [-0.39, 0.29) is 29.2 Å². The molecule has 0 saturated carbocycles. The molecule has 1 saturated heterocycles. The summed E-state index contributed by atoms with van der Waals surface area (Å²) >= 11 is 0. The molecule has 1 aromatic heterocycles. The van der Waals surface area contributed by atoms with Crippen LogP contribution in [0.15, 0.2) is 6.07 Å². The summed E-state index contributed by atoms with van der Waals surface area (Å²) in [5.41, 5.74) is 6.51. The van der Waals surface area contributed by atoms with Crippen LogP contribution in [0.1, 0.15) is 37.0 Å². The Morgan fingerprint density at radius 2 is 2.10 bits per heavy atom. The Morgan fingerprint density at radius 3 is 2.62 bits per heavy atom. The standard InChI is InChI=1S/C14H23N5O2/c1-14(2,3)11-5-9(17-18-11)13(21)16-10-7-19(4)6-8(10)12(15)20/h5,8,10H,6-7H2,1-4H3,(H2,15,20)(H,16,21)(H,17,18)/t8-,10+/m1/s1. The van der Waals surface area contributed by atoms with Crippen LogP contribution < -0.4 is 11.1 Å². The van der Waals surface area contributed by atoms with E-state index in [0.717, 1.165) is 5.69 Å². The number of hydrogen-bond acceptors (Lipinski definition) is 4. The van der Waals surface area contributed by atoms with Gasteiger partial charge in [-0.3, -0.25) is 14.7 Å². The van der Waals surface area contributed by atoms with Crippen molar-refractivity contribution in [1.29, 1.82) is 0 Å². The van der Waals surface area contributed by atoms with Crippen LogP contribution in [0.5, 0.6) is 0 Å². The summed E-state index contributed by atoms with van der Waals surface area (Å²) in [5, 5.41) is 9.79. The lowest BCUT2D eigenvalue weighted by atomic mass is 9.92. The molecule has 2 heterocycles. The molecule has 0 aromatic carbocycles. The van der Waals surface area contributed by atoms with Crippen LogP contribution in [0.4, 0.5) is 0 Å². The summed E-state index contributed by atoms with van der Waals surface area (Å²) in [5.74, 6) is -1.03. The summed E-state index contributed by atoms with van der Waals surface area (Å²) in [6.45, 7) is 7.29. The number of aromatic amines is 1. The summed E-state index contributed by atoms with van der Waals surface area (Å²) in [6.07, 6.45) is 0. The number of amides is 2. The first-order chi connectivity index (χ1) is 9.68. The summed E-state index contributed by atoms with van der Waals surface area (Å²) in [7, 11) is 1.90. The van der Waals surface area contributed by atoms with Gasteiger partial charge < -0.3 is 16.0 Å². The van der Waals surface area contributed by atoms with Gasteiger partial charge in [0, 0.05) is 24.2 Å². The SMILES string of the molecule is CN1C[C@H](NC(=O)c2cc(C(C)(C)C)[nH]n2)[C@H](C(N)=O)C1. The lowest BCUT2D eigenvalue weighted by Gasteiger charge is -2.16. The number of likely N-dealkylation sites (tertiary alicyclic amines) is 1. The van der Waals surface area contributed by atoms with Gasteiger partial charge in [-0.15, -0.1) is 0 Å². The molecule has 116 valence electrons. The van der Waals surface area contributed by atoms with Crippen molar-refractivity contribution < 1.29 is 9.59 Å². The first-order valence-electron chi connectivity index (χ1n) is 7.03. The highest BCUT2D eigenvalue weighted by atomic mass is 16.2. The number of hydrogen-bond donors (Lipinski definition) is 3. The third-order valence-corrected chi connectivity index (χ3v) is 3.80. The third kappa shape index (κ3) is 3.41. The number of nitrogens with zero attached hydrogens (tertiary/aromatic N) is 2. The minimum Gasteiger partial charge on any atom is -0.369 e. The van der Waals surface area contributed by atoms with Gasteiger partial charge in [0.1, 0.15) is 5.69 Å². The average molecular weight is 293 g/mol. The Hall–Kier alpha value is -1.89. The molecule has 0 bridgehead atoms. The van der Waals surface area contributed by atoms with Crippen LogP contribution in [0, 0.1) is 5.92 Å². The van der Waals surface area contributed by atoms with Crippen molar-refractivity contribution in [2.45, 2.75) is 32.2 Å². The van der Waals surface area contributed by atoms with Crippen molar-refractivity contribution in [1.82, 2.24) is 20.4 Å². The van der Waals surface area contributed by atoms with Crippen LogP contribution in [-0.4, -0.2) is 53.1 Å². The maximum Gasteiger partial charge on any atom is 0.272 e. The molecule has 0 spiro atoms. The predicted octanol–water partition coefficient (Wildman–Crippen LogP) is -0.147. The van der Waals surface area contributed by atoms with E-state index in [1.165, 1.54) is 0 Å². The molecule has 21 heavy (non-hydrogen) atoms. The quantitative estimate of drug-likeness (QED) is 0.721. The van der Waals surface area contributed by atoms with E-state index in [0.29, 0.717) is 18.8 Å². The number of carbonyl (C=O) groups excluding carboxylic acids is 2. The fourth-order valence-corrected chi connectivity index (χ4v) is 2.50. The summed E-state index contributed by atoms with van der Waals surface area (Å²) in [4.78, 5) is 25.7. The van der Waals surface area contributed by atoms with Crippen LogP contribution in [0.25, 0.3) is 0 Å². The highest BCUT2D eigenvalue weighted by Crippen LogP contribution is 2.21. The second-order valence-electron chi connectivity index (χ2n) is 6.73. The Balaban J connectivity index is 2.07. The van der Waals surface area contributed by atoms with Gasteiger partial charge in [-0.05, 0) is 13.1 Å². The molecule has 7 nitrogen and oxygen atoms in total. The van der Waals surface area contributed by atoms with Gasteiger partial charge in [0.25, 0.3) is 5.91 Å². The number of carbonyl (C=O) groups is 2. The number of primary amides is 1. The molecule has 1 aromatic rings. The van der Waals surface area contributed by atoms with Gasteiger partial charge in [-0.2, -0.15) is 5.10 Å². The first-order valence-corrected chi connectivity index (χ1v) is 7.03. The minimum atomic E-state index is -0.387. The maximum atomic E-state index is 12.3. The fourth-order valence-electron chi connectivity index (χ4n) is 2.50. The fraction of sp³-hybridized carbons (Fsp3) is 0.643. The molecule has 1 fully saturated rings. The smallest absolute Gasteiger partial charge is 0.272 e. The highest BCUT2D eigenvalue weighted by Gasteiger charge is 2.36. The molecule has 1 aliphatic heterocycles. The van der Waals surface area contributed by atoms with Crippen LogP contribution in [-0.2, 0) is 10.2 Å². The molecule has 0 unspecified atom stereocenters. The molecule has 2 amide bonds.